The first-order valence-corrected chi connectivity index (χ1v) is 8.77. The molecule has 2 aromatic carbocycles. The van der Waals surface area contributed by atoms with Crippen molar-refractivity contribution < 1.29 is 21.6 Å². The van der Waals surface area contributed by atoms with Gasteiger partial charge in [0.05, 0.1) is 10.5 Å². The number of hydrogen-bond donors (Lipinski definition) is 1. The molecule has 0 aliphatic heterocycles. The molecule has 0 aliphatic rings. The molecule has 118 valence electrons. The lowest BCUT2D eigenvalue weighted by atomic mass is 10.2. The predicted octanol–water partition coefficient (Wildman–Crippen LogP) is 4.23. The van der Waals surface area contributed by atoms with Crippen LogP contribution in [0.5, 0.6) is 0 Å². The quantitative estimate of drug-likeness (QED) is 0.842. The van der Waals surface area contributed by atoms with Crippen molar-refractivity contribution in [1.82, 2.24) is 0 Å². The number of rotatable bonds is 4. The minimum atomic E-state index is -4.59. The Kier molecular flexibility index (Phi) is 4.72. The fourth-order valence-electron chi connectivity index (χ4n) is 1.74. The van der Waals surface area contributed by atoms with E-state index in [1.807, 2.05) is 6.26 Å². The predicted molar refractivity (Wildman–Crippen MR) is 80.5 cm³/mol. The summed E-state index contributed by atoms with van der Waals surface area (Å²) in [5.41, 5.74) is -0.711. The molecule has 0 heterocycles. The molecule has 2 rings (SSSR count). The van der Waals surface area contributed by atoms with Crippen molar-refractivity contribution in [1.29, 1.82) is 0 Å². The van der Waals surface area contributed by atoms with Crippen LogP contribution in [0.15, 0.2) is 58.3 Å². The van der Waals surface area contributed by atoms with Crippen molar-refractivity contribution >= 4 is 27.5 Å². The molecule has 0 fully saturated rings. The molecule has 0 spiro atoms. The summed E-state index contributed by atoms with van der Waals surface area (Å²) in [6.07, 6.45) is -2.76. The van der Waals surface area contributed by atoms with Crippen LogP contribution in [0.25, 0.3) is 0 Å². The molecule has 0 atom stereocenters. The zero-order valence-corrected chi connectivity index (χ0v) is 13.0. The standard InChI is InChI=1S/C14H12F3NO2S2/c1-21-12-6-3-5-11(9-12)18-22(19,20)13-7-2-4-10(8-13)14(15,16)17/h2-9,18H,1H3. The van der Waals surface area contributed by atoms with E-state index in [9.17, 15) is 21.6 Å². The Morgan fingerprint density at radius 1 is 1.05 bits per heavy atom. The van der Waals surface area contributed by atoms with E-state index in [4.69, 9.17) is 0 Å². The van der Waals surface area contributed by atoms with Crippen LogP contribution in [0.4, 0.5) is 18.9 Å². The van der Waals surface area contributed by atoms with Gasteiger partial charge in [0.25, 0.3) is 10.0 Å². The van der Waals surface area contributed by atoms with E-state index in [-0.39, 0.29) is 0 Å². The maximum absolute atomic E-state index is 12.7. The molecule has 0 aliphatic carbocycles. The first-order chi connectivity index (χ1) is 10.2. The zero-order chi connectivity index (χ0) is 16.4. The van der Waals surface area contributed by atoms with Gasteiger partial charge in [-0.15, -0.1) is 11.8 Å². The third-order valence-electron chi connectivity index (χ3n) is 2.79. The summed E-state index contributed by atoms with van der Waals surface area (Å²) >= 11 is 1.43. The normalized spacial score (nSPS) is 12.2. The van der Waals surface area contributed by atoms with Crippen LogP contribution in [-0.4, -0.2) is 14.7 Å². The summed E-state index contributed by atoms with van der Waals surface area (Å²) in [6.45, 7) is 0. The number of alkyl halides is 3. The van der Waals surface area contributed by atoms with Crippen LogP contribution in [0.2, 0.25) is 0 Å². The number of hydrogen-bond acceptors (Lipinski definition) is 3. The van der Waals surface area contributed by atoms with E-state index in [1.165, 1.54) is 17.8 Å². The smallest absolute Gasteiger partial charge is 0.280 e. The molecule has 0 aromatic heterocycles. The Bertz CT molecular complexity index is 774. The van der Waals surface area contributed by atoms with Crippen molar-refractivity contribution in [3.05, 3.63) is 54.1 Å². The molecule has 0 bridgehead atoms. The minimum absolute atomic E-state index is 0.296. The van der Waals surface area contributed by atoms with Gasteiger partial charge < -0.3 is 0 Å². The third-order valence-corrected chi connectivity index (χ3v) is 4.90. The number of anilines is 1. The van der Waals surface area contributed by atoms with Crippen molar-refractivity contribution in [2.45, 2.75) is 16.0 Å². The van der Waals surface area contributed by atoms with Crippen LogP contribution in [0.3, 0.4) is 0 Å². The molecular weight excluding hydrogens is 335 g/mol. The summed E-state index contributed by atoms with van der Waals surface area (Å²) in [6, 6.07) is 10.2. The Hall–Kier alpha value is -1.67. The van der Waals surface area contributed by atoms with Crippen molar-refractivity contribution in [3.63, 3.8) is 0 Å². The highest BCUT2D eigenvalue weighted by Gasteiger charge is 2.31. The highest BCUT2D eigenvalue weighted by Crippen LogP contribution is 2.31. The summed E-state index contributed by atoms with van der Waals surface area (Å²) in [7, 11) is -4.08. The number of nitrogens with one attached hydrogen (secondary N) is 1. The van der Waals surface area contributed by atoms with Crippen LogP contribution in [-0.2, 0) is 16.2 Å². The molecule has 2 aromatic rings. The first-order valence-electron chi connectivity index (χ1n) is 6.06. The Morgan fingerprint density at radius 2 is 1.73 bits per heavy atom. The maximum Gasteiger partial charge on any atom is 0.416 e. The second kappa shape index (κ2) is 6.21. The van der Waals surface area contributed by atoms with Gasteiger partial charge in [0.2, 0.25) is 0 Å². The highest BCUT2D eigenvalue weighted by atomic mass is 32.2. The molecule has 1 N–H and O–H groups in total. The number of benzene rings is 2. The lowest BCUT2D eigenvalue weighted by Gasteiger charge is -2.11. The highest BCUT2D eigenvalue weighted by molar-refractivity contribution is 7.98. The van der Waals surface area contributed by atoms with E-state index in [2.05, 4.69) is 4.72 Å². The molecule has 0 saturated carbocycles. The topological polar surface area (TPSA) is 46.2 Å². The number of sulfonamides is 1. The summed E-state index contributed by atoms with van der Waals surface area (Å²) in [5, 5.41) is 0. The molecule has 0 radical (unpaired) electrons. The second-order valence-corrected chi connectivity index (χ2v) is 6.93. The lowest BCUT2D eigenvalue weighted by Crippen LogP contribution is -2.14. The van der Waals surface area contributed by atoms with Gasteiger partial charge in [-0.2, -0.15) is 13.2 Å². The van der Waals surface area contributed by atoms with Crippen molar-refractivity contribution in [2.24, 2.45) is 0 Å². The second-order valence-electron chi connectivity index (χ2n) is 4.36. The molecular formula is C14H12F3NO2S2. The van der Waals surface area contributed by atoms with E-state index in [0.717, 1.165) is 23.1 Å². The van der Waals surface area contributed by atoms with Crippen molar-refractivity contribution in [3.8, 4) is 0 Å². The van der Waals surface area contributed by atoms with Crippen molar-refractivity contribution in [2.75, 3.05) is 11.0 Å². The largest absolute Gasteiger partial charge is 0.416 e. The fourth-order valence-corrected chi connectivity index (χ4v) is 3.29. The van der Waals surface area contributed by atoms with Gasteiger partial charge in [-0.1, -0.05) is 12.1 Å². The monoisotopic (exact) mass is 347 g/mol. The molecule has 0 amide bonds. The Morgan fingerprint density at radius 3 is 2.36 bits per heavy atom. The maximum atomic E-state index is 12.7. The molecule has 22 heavy (non-hydrogen) atoms. The van der Waals surface area contributed by atoms with Gasteiger partial charge in [-0.25, -0.2) is 8.42 Å². The molecule has 0 unspecified atom stereocenters. The lowest BCUT2D eigenvalue weighted by molar-refractivity contribution is -0.137. The first kappa shape index (κ1) is 16.7. The number of thioether (sulfide) groups is 1. The van der Waals surface area contributed by atoms with Gasteiger partial charge in [-0.05, 0) is 42.7 Å². The Labute approximate surface area is 130 Å². The number of halogens is 3. The average molecular weight is 347 g/mol. The van der Waals surface area contributed by atoms with Gasteiger partial charge >= 0.3 is 6.18 Å². The van der Waals surface area contributed by atoms with Gasteiger partial charge in [0.15, 0.2) is 0 Å². The van der Waals surface area contributed by atoms with E-state index >= 15 is 0 Å². The summed E-state index contributed by atoms with van der Waals surface area (Å²) < 4.78 is 64.7. The van der Waals surface area contributed by atoms with E-state index < -0.39 is 26.7 Å². The Balaban J connectivity index is 2.34. The van der Waals surface area contributed by atoms with Crippen LogP contribution >= 0.6 is 11.8 Å². The molecule has 0 saturated heterocycles. The van der Waals surface area contributed by atoms with Crippen LogP contribution in [0.1, 0.15) is 5.56 Å². The zero-order valence-electron chi connectivity index (χ0n) is 11.4. The van der Waals surface area contributed by atoms with E-state index in [0.29, 0.717) is 11.8 Å². The molecule has 8 heteroatoms. The van der Waals surface area contributed by atoms with Gasteiger partial charge in [0, 0.05) is 10.6 Å². The van der Waals surface area contributed by atoms with Gasteiger partial charge in [-0.3, -0.25) is 4.72 Å². The minimum Gasteiger partial charge on any atom is -0.280 e. The van der Waals surface area contributed by atoms with Crippen LogP contribution < -0.4 is 4.72 Å². The van der Waals surface area contributed by atoms with Crippen LogP contribution in [0, 0.1) is 0 Å². The summed E-state index contributed by atoms with van der Waals surface area (Å²) in [4.78, 5) is 0.404. The van der Waals surface area contributed by atoms with E-state index in [1.54, 1.807) is 18.2 Å². The molecule has 3 nitrogen and oxygen atoms in total. The van der Waals surface area contributed by atoms with Gasteiger partial charge in [0.1, 0.15) is 0 Å². The SMILES string of the molecule is CSc1cccc(NS(=O)(=O)c2cccc(C(F)(F)F)c2)c1. The average Bonchev–Trinajstić information content (AvgIpc) is 2.46. The summed E-state index contributed by atoms with van der Waals surface area (Å²) in [5.74, 6) is 0. The third kappa shape index (κ3) is 3.95. The fraction of sp³-hybridized carbons (Fsp3) is 0.143.